The summed E-state index contributed by atoms with van der Waals surface area (Å²) in [5.41, 5.74) is 1.42. The van der Waals surface area contributed by atoms with Gasteiger partial charge in [-0.3, -0.25) is 9.59 Å². The number of rotatable bonds is 4. The Morgan fingerprint density at radius 3 is 2.26 bits per heavy atom. The molecule has 0 atom stereocenters. The third-order valence-corrected chi connectivity index (χ3v) is 2.74. The summed E-state index contributed by atoms with van der Waals surface area (Å²) in [7, 11) is 1.47. The molecule has 0 spiro atoms. The van der Waals surface area contributed by atoms with Crippen molar-refractivity contribution in [1.29, 1.82) is 0 Å². The van der Waals surface area contributed by atoms with Crippen molar-refractivity contribution in [2.24, 2.45) is 0 Å². The fraction of sp³-hybridized carbons (Fsp3) is 0.143. The van der Waals surface area contributed by atoms with Gasteiger partial charge in [0.25, 0.3) is 5.91 Å². The highest BCUT2D eigenvalue weighted by Crippen LogP contribution is 2.11. The number of hydrogen-bond donors (Lipinski definition) is 1. The summed E-state index contributed by atoms with van der Waals surface area (Å²) >= 11 is 0. The van der Waals surface area contributed by atoms with Crippen molar-refractivity contribution in [3.8, 4) is 5.69 Å². The monoisotopic (exact) mass is 258 g/mol. The lowest BCUT2D eigenvalue weighted by molar-refractivity contribution is -0.137. The van der Waals surface area contributed by atoms with E-state index in [1.807, 2.05) is 41.2 Å². The first-order chi connectivity index (χ1) is 9.08. The molecule has 98 valence electrons. The van der Waals surface area contributed by atoms with E-state index in [1.165, 1.54) is 11.9 Å². The third kappa shape index (κ3) is 3.01. The molecule has 2 rings (SSSR count). The van der Waals surface area contributed by atoms with Crippen LogP contribution >= 0.6 is 0 Å². The molecule has 1 aromatic heterocycles. The van der Waals surface area contributed by atoms with Gasteiger partial charge in [-0.05, 0) is 36.4 Å². The van der Waals surface area contributed by atoms with Crippen molar-refractivity contribution >= 4 is 11.9 Å². The van der Waals surface area contributed by atoms with Crippen LogP contribution in [0.5, 0.6) is 0 Å². The third-order valence-electron chi connectivity index (χ3n) is 2.74. The van der Waals surface area contributed by atoms with Gasteiger partial charge in [0, 0.05) is 30.7 Å². The van der Waals surface area contributed by atoms with Crippen LogP contribution in [-0.2, 0) is 4.79 Å². The SMILES string of the molecule is CN(CC(=O)O)C(=O)c1ccc(-n2cccc2)cc1. The second-order valence-corrected chi connectivity index (χ2v) is 4.19. The summed E-state index contributed by atoms with van der Waals surface area (Å²) < 4.78 is 1.93. The molecule has 0 aliphatic heterocycles. The number of carboxylic acid groups (broad SMARTS) is 1. The average Bonchev–Trinajstić information content (AvgIpc) is 2.91. The van der Waals surface area contributed by atoms with E-state index in [0.29, 0.717) is 5.56 Å². The lowest BCUT2D eigenvalue weighted by Gasteiger charge is -2.14. The first-order valence-corrected chi connectivity index (χ1v) is 5.78. The molecule has 0 aliphatic carbocycles. The Kier molecular flexibility index (Phi) is 3.66. The molecule has 0 fully saturated rings. The van der Waals surface area contributed by atoms with Crippen molar-refractivity contribution < 1.29 is 14.7 Å². The van der Waals surface area contributed by atoms with Gasteiger partial charge < -0.3 is 14.6 Å². The minimum Gasteiger partial charge on any atom is -0.480 e. The second-order valence-electron chi connectivity index (χ2n) is 4.19. The fourth-order valence-electron chi connectivity index (χ4n) is 1.78. The van der Waals surface area contributed by atoms with E-state index >= 15 is 0 Å². The molecule has 0 unspecified atom stereocenters. The normalized spacial score (nSPS) is 10.2. The quantitative estimate of drug-likeness (QED) is 0.906. The van der Waals surface area contributed by atoms with Crippen molar-refractivity contribution in [3.05, 3.63) is 54.4 Å². The first-order valence-electron chi connectivity index (χ1n) is 5.78. The van der Waals surface area contributed by atoms with E-state index in [9.17, 15) is 9.59 Å². The summed E-state index contributed by atoms with van der Waals surface area (Å²) in [6.07, 6.45) is 3.82. The van der Waals surface area contributed by atoms with Crippen molar-refractivity contribution in [1.82, 2.24) is 9.47 Å². The number of amides is 1. The lowest BCUT2D eigenvalue weighted by Crippen LogP contribution is -2.31. The molecule has 0 bridgehead atoms. The van der Waals surface area contributed by atoms with Crippen LogP contribution in [-0.4, -0.2) is 40.0 Å². The van der Waals surface area contributed by atoms with E-state index in [1.54, 1.807) is 12.1 Å². The number of benzene rings is 1. The number of aliphatic carboxylic acids is 1. The molecule has 1 amide bonds. The molecule has 1 heterocycles. The molecular formula is C14H14N2O3. The molecule has 0 aliphatic rings. The Morgan fingerprint density at radius 2 is 1.74 bits per heavy atom. The van der Waals surface area contributed by atoms with E-state index < -0.39 is 5.97 Å². The Hall–Kier alpha value is -2.56. The Balaban J connectivity index is 2.14. The van der Waals surface area contributed by atoms with Crippen LogP contribution in [0.3, 0.4) is 0 Å². The topological polar surface area (TPSA) is 62.5 Å². The van der Waals surface area contributed by atoms with E-state index in [0.717, 1.165) is 5.69 Å². The van der Waals surface area contributed by atoms with Crippen LogP contribution in [0, 0.1) is 0 Å². The standard InChI is InChI=1S/C14H14N2O3/c1-15(10-13(17)18)14(19)11-4-6-12(7-5-11)16-8-2-3-9-16/h2-9H,10H2,1H3,(H,17,18). The molecule has 1 aromatic carbocycles. The highest BCUT2D eigenvalue weighted by Gasteiger charge is 2.14. The van der Waals surface area contributed by atoms with Gasteiger partial charge in [-0.2, -0.15) is 0 Å². The van der Waals surface area contributed by atoms with Gasteiger partial charge in [0.2, 0.25) is 0 Å². The van der Waals surface area contributed by atoms with E-state index in [-0.39, 0.29) is 12.5 Å². The number of nitrogens with zero attached hydrogens (tertiary/aromatic N) is 2. The summed E-state index contributed by atoms with van der Waals surface area (Å²) in [5.74, 6) is -1.33. The number of carboxylic acids is 1. The summed E-state index contributed by atoms with van der Waals surface area (Å²) in [6.45, 7) is -0.307. The number of likely N-dealkylation sites (N-methyl/N-ethyl adjacent to an activating group) is 1. The van der Waals surface area contributed by atoms with Gasteiger partial charge in [0.15, 0.2) is 0 Å². The highest BCUT2D eigenvalue weighted by molar-refractivity contribution is 5.95. The number of carbonyl (C=O) groups is 2. The van der Waals surface area contributed by atoms with Crippen LogP contribution in [0.1, 0.15) is 10.4 Å². The predicted octanol–water partition coefficient (Wildman–Crippen LogP) is 1.63. The van der Waals surface area contributed by atoms with Crippen LogP contribution in [0.25, 0.3) is 5.69 Å². The molecule has 5 heteroatoms. The summed E-state index contributed by atoms with van der Waals surface area (Å²) in [6, 6.07) is 10.9. The Labute approximate surface area is 110 Å². The van der Waals surface area contributed by atoms with Crippen molar-refractivity contribution in [2.45, 2.75) is 0 Å². The van der Waals surface area contributed by atoms with Crippen LogP contribution < -0.4 is 0 Å². The summed E-state index contributed by atoms with van der Waals surface area (Å²) in [5, 5.41) is 8.65. The van der Waals surface area contributed by atoms with Gasteiger partial charge in [-0.25, -0.2) is 0 Å². The molecule has 2 aromatic rings. The maximum absolute atomic E-state index is 11.9. The fourth-order valence-corrected chi connectivity index (χ4v) is 1.78. The zero-order chi connectivity index (χ0) is 13.8. The molecule has 0 saturated carbocycles. The van der Waals surface area contributed by atoms with Gasteiger partial charge in [0.1, 0.15) is 6.54 Å². The predicted molar refractivity (Wildman–Crippen MR) is 70.4 cm³/mol. The first kappa shape index (κ1) is 12.9. The van der Waals surface area contributed by atoms with Gasteiger partial charge in [0.05, 0.1) is 0 Å². The average molecular weight is 258 g/mol. The highest BCUT2D eigenvalue weighted by atomic mass is 16.4. The van der Waals surface area contributed by atoms with Crippen LogP contribution in [0.2, 0.25) is 0 Å². The molecule has 0 saturated heterocycles. The molecular weight excluding hydrogens is 244 g/mol. The lowest BCUT2D eigenvalue weighted by atomic mass is 10.2. The number of carbonyl (C=O) groups excluding carboxylic acids is 1. The maximum Gasteiger partial charge on any atom is 0.323 e. The smallest absolute Gasteiger partial charge is 0.323 e. The van der Waals surface area contributed by atoms with E-state index in [4.69, 9.17) is 5.11 Å². The van der Waals surface area contributed by atoms with Gasteiger partial charge in [-0.1, -0.05) is 0 Å². The number of aromatic nitrogens is 1. The Bertz CT molecular complexity index is 573. The zero-order valence-corrected chi connectivity index (χ0v) is 10.5. The van der Waals surface area contributed by atoms with Crippen molar-refractivity contribution in [3.63, 3.8) is 0 Å². The van der Waals surface area contributed by atoms with Gasteiger partial charge in [-0.15, -0.1) is 0 Å². The minimum absolute atomic E-state index is 0.304. The van der Waals surface area contributed by atoms with Gasteiger partial charge >= 0.3 is 5.97 Å². The molecule has 1 N–H and O–H groups in total. The summed E-state index contributed by atoms with van der Waals surface area (Å²) in [4.78, 5) is 23.7. The molecule has 0 radical (unpaired) electrons. The second kappa shape index (κ2) is 5.39. The maximum atomic E-state index is 11.9. The molecule has 19 heavy (non-hydrogen) atoms. The Morgan fingerprint density at radius 1 is 1.16 bits per heavy atom. The minimum atomic E-state index is -1.03. The van der Waals surface area contributed by atoms with Crippen LogP contribution in [0.4, 0.5) is 0 Å². The zero-order valence-electron chi connectivity index (χ0n) is 10.5. The van der Waals surface area contributed by atoms with Crippen LogP contribution in [0.15, 0.2) is 48.8 Å². The van der Waals surface area contributed by atoms with Crippen molar-refractivity contribution in [2.75, 3.05) is 13.6 Å². The largest absolute Gasteiger partial charge is 0.480 e. The molecule has 5 nitrogen and oxygen atoms in total. The van der Waals surface area contributed by atoms with E-state index in [2.05, 4.69) is 0 Å². The number of hydrogen-bond acceptors (Lipinski definition) is 2.